The van der Waals surface area contributed by atoms with E-state index in [1.165, 1.54) is 0 Å². The summed E-state index contributed by atoms with van der Waals surface area (Å²) in [4.78, 5) is 4.30. The molecule has 0 bridgehead atoms. The highest BCUT2D eigenvalue weighted by molar-refractivity contribution is 9.10. The number of anilines is 1. The molecule has 1 aromatic heterocycles. The molecule has 0 fully saturated rings. The number of hydrogen-bond donors (Lipinski definition) is 1. The van der Waals surface area contributed by atoms with Gasteiger partial charge in [-0.05, 0) is 54.9 Å². The van der Waals surface area contributed by atoms with Gasteiger partial charge in [0.2, 0.25) is 11.8 Å². The Hall–Kier alpha value is -1.75. The van der Waals surface area contributed by atoms with Crippen LogP contribution in [0.15, 0.2) is 40.9 Å². The number of benzene rings is 1. The van der Waals surface area contributed by atoms with Crippen molar-refractivity contribution in [1.29, 1.82) is 0 Å². The number of para-hydroxylation sites is 1. The third kappa shape index (κ3) is 3.87. The molecule has 2 rings (SSSR count). The predicted molar refractivity (Wildman–Crippen MR) is 83.2 cm³/mol. The van der Waals surface area contributed by atoms with Crippen LogP contribution in [0, 0.1) is 0 Å². The third-order valence-electron chi connectivity index (χ3n) is 2.32. The van der Waals surface area contributed by atoms with Crippen molar-refractivity contribution >= 4 is 21.6 Å². The summed E-state index contributed by atoms with van der Waals surface area (Å²) in [5.74, 6) is 1.50. The van der Waals surface area contributed by atoms with Crippen molar-refractivity contribution in [2.45, 2.75) is 26.4 Å². The highest BCUT2D eigenvalue weighted by atomic mass is 79.9. The van der Waals surface area contributed by atoms with Gasteiger partial charge in [0.05, 0.1) is 10.2 Å². The van der Waals surface area contributed by atoms with Crippen molar-refractivity contribution in [3.05, 3.63) is 40.9 Å². The number of hydrogen-bond acceptors (Lipinski definition) is 4. The monoisotopic (exact) mass is 336 g/mol. The van der Waals surface area contributed by atoms with Crippen LogP contribution in [0.2, 0.25) is 0 Å². The number of ether oxygens (including phenoxy) is 2. The lowest BCUT2D eigenvalue weighted by atomic mass is 10.2. The lowest BCUT2D eigenvalue weighted by molar-refractivity contribution is 0.124. The molecule has 20 heavy (non-hydrogen) atoms. The number of nitrogen functional groups attached to an aromatic ring is 1. The zero-order valence-corrected chi connectivity index (χ0v) is 13.3. The van der Waals surface area contributed by atoms with Gasteiger partial charge in [-0.2, -0.15) is 4.98 Å². The fourth-order valence-corrected chi connectivity index (χ4v) is 1.87. The molecule has 0 aliphatic heterocycles. The normalized spacial score (nSPS) is 11.2. The van der Waals surface area contributed by atoms with Gasteiger partial charge in [-0.1, -0.05) is 12.1 Å². The van der Waals surface area contributed by atoms with E-state index in [2.05, 4.69) is 20.9 Å². The van der Waals surface area contributed by atoms with Crippen molar-refractivity contribution in [2.24, 2.45) is 0 Å². The van der Waals surface area contributed by atoms with Crippen molar-refractivity contribution < 1.29 is 9.47 Å². The number of rotatable bonds is 3. The summed E-state index contributed by atoms with van der Waals surface area (Å²) in [6, 6.07) is 11.0. The van der Waals surface area contributed by atoms with Gasteiger partial charge in [-0.15, -0.1) is 0 Å². The summed E-state index contributed by atoms with van der Waals surface area (Å²) < 4.78 is 12.3. The molecule has 0 aliphatic rings. The van der Waals surface area contributed by atoms with E-state index >= 15 is 0 Å². The zero-order valence-electron chi connectivity index (χ0n) is 11.7. The molecule has 0 aliphatic carbocycles. The molecule has 1 aromatic carbocycles. The largest absolute Gasteiger partial charge is 0.470 e. The minimum absolute atomic E-state index is 0.368. The van der Waals surface area contributed by atoms with Gasteiger partial charge in [0.15, 0.2) is 0 Å². The number of aromatic nitrogens is 1. The first-order chi connectivity index (χ1) is 9.35. The van der Waals surface area contributed by atoms with Gasteiger partial charge >= 0.3 is 0 Å². The van der Waals surface area contributed by atoms with Gasteiger partial charge in [0, 0.05) is 6.07 Å². The first-order valence-electron chi connectivity index (χ1n) is 6.23. The van der Waals surface area contributed by atoms with Crippen LogP contribution in [-0.4, -0.2) is 10.6 Å². The van der Waals surface area contributed by atoms with E-state index in [1.54, 1.807) is 12.1 Å². The second-order valence-electron chi connectivity index (χ2n) is 5.29. The first-order valence-corrected chi connectivity index (χ1v) is 7.02. The fourth-order valence-electron chi connectivity index (χ4n) is 1.50. The van der Waals surface area contributed by atoms with Crippen LogP contribution >= 0.6 is 15.9 Å². The van der Waals surface area contributed by atoms with Crippen molar-refractivity contribution in [3.8, 4) is 17.5 Å². The maximum Gasteiger partial charge on any atom is 0.241 e. The number of pyridine rings is 1. The van der Waals surface area contributed by atoms with E-state index in [0.717, 1.165) is 4.47 Å². The maximum atomic E-state index is 5.87. The molecule has 1 heterocycles. The zero-order chi connectivity index (χ0) is 14.8. The Labute approximate surface area is 127 Å². The quantitative estimate of drug-likeness (QED) is 0.902. The van der Waals surface area contributed by atoms with Gasteiger partial charge < -0.3 is 15.2 Å². The molecule has 0 saturated heterocycles. The number of halogens is 1. The molecule has 106 valence electrons. The van der Waals surface area contributed by atoms with Crippen LogP contribution in [0.25, 0.3) is 0 Å². The van der Waals surface area contributed by atoms with Crippen LogP contribution in [0.5, 0.6) is 17.5 Å². The standard InChI is InChI=1S/C15H17BrN2O2/c1-15(2,3)20-14-11(17)8-9-13(18-14)19-12-7-5-4-6-10(12)16/h4-9H,17H2,1-3H3. The van der Waals surface area contributed by atoms with E-state index < -0.39 is 0 Å². The minimum atomic E-state index is -0.368. The molecule has 0 saturated carbocycles. The Morgan fingerprint density at radius 2 is 1.80 bits per heavy atom. The minimum Gasteiger partial charge on any atom is -0.470 e. The second kappa shape index (κ2) is 5.71. The molecule has 0 unspecified atom stereocenters. The predicted octanol–water partition coefficient (Wildman–Crippen LogP) is 4.40. The van der Waals surface area contributed by atoms with E-state index in [9.17, 15) is 0 Å². The molecule has 2 N–H and O–H groups in total. The Morgan fingerprint density at radius 3 is 2.45 bits per heavy atom. The van der Waals surface area contributed by atoms with E-state index in [0.29, 0.717) is 23.2 Å². The van der Waals surface area contributed by atoms with Crippen LogP contribution in [0.3, 0.4) is 0 Å². The fraction of sp³-hybridized carbons (Fsp3) is 0.267. The van der Waals surface area contributed by atoms with E-state index in [4.69, 9.17) is 15.2 Å². The molecular weight excluding hydrogens is 320 g/mol. The summed E-state index contributed by atoms with van der Waals surface area (Å²) in [5, 5.41) is 0. The van der Waals surface area contributed by atoms with Crippen molar-refractivity contribution in [1.82, 2.24) is 4.98 Å². The average molecular weight is 337 g/mol. The molecule has 0 amide bonds. The Bertz CT molecular complexity index is 609. The van der Waals surface area contributed by atoms with Crippen LogP contribution in [-0.2, 0) is 0 Å². The molecule has 5 heteroatoms. The Kier molecular flexibility index (Phi) is 4.18. The molecule has 0 atom stereocenters. The summed E-state index contributed by atoms with van der Waals surface area (Å²) in [6.45, 7) is 5.82. The van der Waals surface area contributed by atoms with E-state index in [1.807, 2.05) is 45.0 Å². The Balaban J connectivity index is 2.26. The maximum absolute atomic E-state index is 5.87. The van der Waals surface area contributed by atoms with Gasteiger partial charge in [0.25, 0.3) is 0 Å². The summed E-state index contributed by atoms with van der Waals surface area (Å²) in [7, 11) is 0. The number of nitrogens with zero attached hydrogens (tertiary/aromatic N) is 1. The topological polar surface area (TPSA) is 57.4 Å². The second-order valence-corrected chi connectivity index (χ2v) is 6.15. The summed E-state index contributed by atoms with van der Waals surface area (Å²) in [6.07, 6.45) is 0. The van der Waals surface area contributed by atoms with Crippen molar-refractivity contribution in [3.63, 3.8) is 0 Å². The van der Waals surface area contributed by atoms with Crippen LogP contribution < -0.4 is 15.2 Å². The highest BCUT2D eigenvalue weighted by Gasteiger charge is 2.16. The summed E-state index contributed by atoms with van der Waals surface area (Å²) in [5.41, 5.74) is 5.99. The third-order valence-corrected chi connectivity index (χ3v) is 2.97. The van der Waals surface area contributed by atoms with Crippen molar-refractivity contribution in [2.75, 3.05) is 5.73 Å². The van der Waals surface area contributed by atoms with Gasteiger partial charge in [-0.3, -0.25) is 0 Å². The average Bonchev–Trinajstić information content (AvgIpc) is 2.34. The number of nitrogens with two attached hydrogens (primary N) is 1. The smallest absolute Gasteiger partial charge is 0.241 e. The van der Waals surface area contributed by atoms with Gasteiger partial charge in [-0.25, -0.2) is 0 Å². The molecule has 0 spiro atoms. The van der Waals surface area contributed by atoms with E-state index in [-0.39, 0.29) is 5.60 Å². The van der Waals surface area contributed by atoms with Gasteiger partial charge in [0.1, 0.15) is 11.4 Å². The lowest BCUT2D eigenvalue weighted by Gasteiger charge is -2.21. The van der Waals surface area contributed by atoms with Crippen LogP contribution in [0.1, 0.15) is 20.8 Å². The molecular formula is C15H17BrN2O2. The SMILES string of the molecule is CC(C)(C)Oc1nc(Oc2ccccc2Br)ccc1N. The molecule has 0 radical (unpaired) electrons. The lowest BCUT2D eigenvalue weighted by Crippen LogP contribution is -2.24. The molecule has 4 nitrogen and oxygen atoms in total. The highest BCUT2D eigenvalue weighted by Crippen LogP contribution is 2.31. The first kappa shape index (κ1) is 14.7. The summed E-state index contributed by atoms with van der Waals surface area (Å²) >= 11 is 3.43. The van der Waals surface area contributed by atoms with Crippen LogP contribution in [0.4, 0.5) is 5.69 Å². The Morgan fingerprint density at radius 1 is 1.10 bits per heavy atom. The molecule has 2 aromatic rings.